The molecular formula is C24H28BrFN2O2. The highest BCUT2D eigenvalue weighted by Gasteiger charge is 2.44. The molecule has 1 fully saturated rings. The second kappa shape index (κ2) is 7.95. The maximum Gasteiger partial charge on any atom is 0.252 e. The minimum Gasteiger partial charge on any atom is -0.362 e. The van der Waals surface area contributed by atoms with Crippen LogP contribution in [-0.4, -0.2) is 29.7 Å². The van der Waals surface area contributed by atoms with Gasteiger partial charge in [0.25, 0.3) is 5.91 Å². The fraction of sp³-hybridized carbons (Fsp3) is 0.500. The lowest BCUT2D eigenvalue weighted by Crippen LogP contribution is -2.43. The van der Waals surface area contributed by atoms with Crippen molar-refractivity contribution >= 4 is 27.6 Å². The molecule has 1 amide bonds. The molecule has 2 aliphatic heterocycles. The third kappa shape index (κ3) is 3.86. The van der Waals surface area contributed by atoms with E-state index in [2.05, 4.69) is 35.1 Å². The van der Waals surface area contributed by atoms with E-state index in [1.54, 1.807) is 12.1 Å². The molecule has 0 unspecified atom stereocenters. The first-order chi connectivity index (χ1) is 14.2. The van der Waals surface area contributed by atoms with Crippen LogP contribution in [0.15, 0.2) is 45.2 Å². The summed E-state index contributed by atoms with van der Waals surface area (Å²) in [5, 5.41) is 3.36. The number of carbonyl (C=O) groups excluding carboxylic acids is 2. The van der Waals surface area contributed by atoms with E-state index in [1.165, 1.54) is 6.07 Å². The number of rotatable bonds is 2. The zero-order valence-electron chi connectivity index (χ0n) is 17.8. The average Bonchev–Trinajstić information content (AvgIpc) is 2.68. The number of likely N-dealkylation sites (tertiary alicyclic amines) is 1. The Labute approximate surface area is 185 Å². The van der Waals surface area contributed by atoms with Gasteiger partial charge in [0, 0.05) is 58.0 Å². The molecule has 6 heteroatoms. The molecule has 0 radical (unpaired) electrons. The Morgan fingerprint density at radius 3 is 2.60 bits per heavy atom. The summed E-state index contributed by atoms with van der Waals surface area (Å²) in [6.07, 6.45) is 4.16. The highest BCUT2D eigenvalue weighted by Crippen LogP contribution is 2.47. The summed E-state index contributed by atoms with van der Waals surface area (Å²) < 4.78 is 15.8. The Balaban J connectivity index is 1.87. The van der Waals surface area contributed by atoms with Crippen LogP contribution in [0.3, 0.4) is 0 Å². The topological polar surface area (TPSA) is 49.4 Å². The lowest BCUT2D eigenvalue weighted by Gasteiger charge is -2.41. The summed E-state index contributed by atoms with van der Waals surface area (Å²) in [6.45, 7) is 7.42. The first-order valence-electron chi connectivity index (χ1n) is 10.7. The number of Topliss-reactive ketones (excluding diaryl/α,β-unsaturated/α-hetero) is 1. The van der Waals surface area contributed by atoms with Crippen molar-refractivity contribution in [3.8, 4) is 0 Å². The van der Waals surface area contributed by atoms with Gasteiger partial charge in [0.1, 0.15) is 5.82 Å². The number of piperidine rings is 1. The van der Waals surface area contributed by atoms with Crippen molar-refractivity contribution in [2.75, 3.05) is 13.1 Å². The molecule has 1 atom stereocenters. The summed E-state index contributed by atoms with van der Waals surface area (Å²) in [4.78, 5) is 28.8. The zero-order chi connectivity index (χ0) is 21.6. The number of allylic oxidation sites excluding steroid dienone is 3. The summed E-state index contributed by atoms with van der Waals surface area (Å²) >= 11 is 3.44. The van der Waals surface area contributed by atoms with Gasteiger partial charge in [-0.1, -0.05) is 29.8 Å². The third-order valence-corrected chi connectivity index (χ3v) is 6.88. The lowest BCUT2D eigenvalue weighted by molar-refractivity contribution is -0.128. The molecule has 0 bridgehead atoms. The number of nitrogens with one attached hydrogen (secondary N) is 1. The van der Waals surface area contributed by atoms with Gasteiger partial charge in [-0.05, 0) is 56.2 Å². The number of benzene rings is 1. The van der Waals surface area contributed by atoms with Crippen LogP contribution in [-0.2, 0) is 9.59 Å². The van der Waals surface area contributed by atoms with Gasteiger partial charge in [-0.3, -0.25) is 9.59 Å². The van der Waals surface area contributed by atoms with Crippen LogP contribution in [0.2, 0.25) is 0 Å². The van der Waals surface area contributed by atoms with Crippen molar-refractivity contribution in [1.82, 2.24) is 10.2 Å². The number of halogens is 2. The minimum atomic E-state index is -0.684. The van der Waals surface area contributed by atoms with Crippen molar-refractivity contribution in [2.45, 2.75) is 58.8 Å². The molecule has 0 aromatic heterocycles. The zero-order valence-corrected chi connectivity index (χ0v) is 19.4. The Morgan fingerprint density at radius 2 is 1.90 bits per heavy atom. The van der Waals surface area contributed by atoms with E-state index in [1.807, 2.05) is 11.8 Å². The molecule has 1 aliphatic carbocycles. The standard InChI is InChI=1S/C24H28BrFN2O2/c1-14-20(23(30)28-9-5-4-6-10-28)21(16-11-15(25)7-8-17(16)26)22-18(27-14)12-24(2,3)13-19(22)29/h7-8,11,21,27H,4-6,9-10,12-13H2,1-3H3/t21-/m0/s1. The van der Waals surface area contributed by atoms with E-state index in [-0.39, 0.29) is 17.1 Å². The van der Waals surface area contributed by atoms with Gasteiger partial charge in [-0.2, -0.15) is 0 Å². The second-order valence-corrected chi connectivity index (χ2v) is 10.4. The van der Waals surface area contributed by atoms with E-state index < -0.39 is 11.7 Å². The smallest absolute Gasteiger partial charge is 0.252 e. The Bertz CT molecular complexity index is 973. The fourth-order valence-electron chi connectivity index (χ4n) is 5.03. The number of ketones is 1. The van der Waals surface area contributed by atoms with E-state index in [4.69, 9.17) is 0 Å². The molecule has 1 aromatic carbocycles. The highest BCUT2D eigenvalue weighted by molar-refractivity contribution is 9.10. The molecule has 1 saturated heterocycles. The molecule has 160 valence electrons. The molecule has 0 spiro atoms. The molecule has 1 N–H and O–H groups in total. The Morgan fingerprint density at radius 1 is 1.20 bits per heavy atom. The third-order valence-electron chi connectivity index (χ3n) is 6.38. The highest BCUT2D eigenvalue weighted by atomic mass is 79.9. The molecular weight excluding hydrogens is 447 g/mol. The maximum atomic E-state index is 15.1. The summed E-state index contributed by atoms with van der Waals surface area (Å²) in [6, 6.07) is 4.75. The van der Waals surface area contributed by atoms with Gasteiger partial charge in [-0.25, -0.2) is 4.39 Å². The first kappa shape index (κ1) is 21.3. The van der Waals surface area contributed by atoms with Crippen LogP contribution in [0.25, 0.3) is 0 Å². The van der Waals surface area contributed by atoms with Crippen molar-refractivity contribution in [3.05, 3.63) is 56.6 Å². The second-order valence-electron chi connectivity index (χ2n) is 9.45. The first-order valence-corrected chi connectivity index (χ1v) is 11.5. The largest absolute Gasteiger partial charge is 0.362 e. The van der Waals surface area contributed by atoms with Gasteiger partial charge in [0.2, 0.25) is 0 Å². The quantitative estimate of drug-likeness (QED) is 0.640. The molecule has 0 saturated carbocycles. The SMILES string of the molecule is CC1=C(C(=O)N2CCCCC2)[C@H](c2cc(Br)ccc2F)C2=C(CC(C)(C)CC2=O)N1. The van der Waals surface area contributed by atoms with Crippen LogP contribution >= 0.6 is 15.9 Å². The van der Waals surface area contributed by atoms with Gasteiger partial charge < -0.3 is 10.2 Å². The van der Waals surface area contributed by atoms with E-state index in [0.29, 0.717) is 42.6 Å². The maximum absolute atomic E-state index is 15.1. The van der Waals surface area contributed by atoms with Crippen LogP contribution in [0, 0.1) is 11.2 Å². The van der Waals surface area contributed by atoms with E-state index >= 15 is 4.39 Å². The van der Waals surface area contributed by atoms with Gasteiger partial charge >= 0.3 is 0 Å². The molecule has 3 aliphatic rings. The monoisotopic (exact) mass is 474 g/mol. The van der Waals surface area contributed by atoms with E-state index in [9.17, 15) is 9.59 Å². The van der Waals surface area contributed by atoms with Crippen LogP contribution in [0.4, 0.5) is 4.39 Å². The Hall–Kier alpha value is -1.95. The number of dihydropyridines is 1. The lowest BCUT2D eigenvalue weighted by atomic mass is 9.68. The van der Waals surface area contributed by atoms with Crippen molar-refractivity contribution < 1.29 is 14.0 Å². The normalized spacial score (nSPS) is 24.0. The van der Waals surface area contributed by atoms with Gasteiger partial charge in [0.05, 0.1) is 0 Å². The van der Waals surface area contributed by atoms with E-state index in [0.717, 1.165) is 35.1 Å². The summed E-state index contributed by atoms with van der Waals surface area (Å²) in [7, 11) is 0. The molecule has 30 heavy (non-hydrogen) atoms. The number of amides is 1. The molecule has 2 heterocycles. The molecule has 4 rings (SSSR count). The predicted molar refractivity (Wildman–Crippen MR) is 118 cm³/mol. The fourth-order valence-corrected chi connectivity index (χ4v) is 5.41. The summed E-state index contributed by atoms with van der Waals surface area (Å²) in [5.74, 6) is -1.18. The predicted octanol–water partition coefficient (Wildman–Crippen LogP) is 5.20. The summed E-state index contributed by atoms with van der Waals surface area (Å²) in [5.41, 5.74) is 2.81. The molecule has 1 aromatic rings. The van der Waals surface area contributed by atoms with Crippen LogP contribution in [0.1, 0.15) is 64.4 Å². The van der Waals surface area contributed by atoms with Crippen LogP contribution in [0.5, 0.6) is 0 Å². The Kier molecular flexibility index (Phi) is 5.64. The van der Waals surface area contributed by atoms with Gasteiger partial charge in [0.15, 0.2) is 5.78 Å². The molecule has 4 nitrogen and oxygen atoms in total. The number of carbonyl (C=O) groups is 2. The average molecular weight is 475 g/mol. The number of hydrogen-bond donors (Lipinski definition) is 1. The van der Waals surface area contributed by atoms with Crippen molar-refractivity contribution in [2.24, 2.45) is 5.41 Å². The van der Waals surface area contributed by atoms with Crippen molar-refractivity contribution in [1.29, 1.82) is 0 Å². The van der Waals surface area contributed by atoms with Gasteiger partial charge in [-0.15, -0.1) is 0 Å². The number of nitrogens with zero attached hydrogens (tertiary/aromatic N) is 1. The number of hydrogen-bond acceptors (Lipinski definition) is 3. The minimum absolute atomic E-state index is 0.00503. The van der Waals surface area contributed by atoms with Crippen molar-refractivity contribution in [3.63, 3.8) is 0 Å². The van der Waals surface area contributed by atoms with Crippen LogP contribution < -0.4 is 5.32 Å².